The van der Waals surface area contributed by atoms with E-state index in [9.17, 15) is 0 Å². The Bertz CT molecular complexity index is 241. The van der Waals surface area contributed by atoms with Crippen LogP contribution >= 0.6 is 11.8 Å². The van der Waals surface area contributed by atoms with E-state index in [1.807, 2.05) is 6.07 Å². The lowest BCUT2D eigenvalue weighted by Crippen LogP contribution is -1.93. The highest BCUT2D eigenvalue weighted by Crippen LogP contribution is 2.17. The van der Waals surface area contributed by atoms with Crippen LogP contribution in [0.15, 0.2) is 23.1 Å². The molecule has 1 aromatic carbocycles. The van der Waals surface area contributed by atoms with E-state index in [-0.39, 0.29) is 0 Å². The van der Waals surface area contributed by atoms with Crippen LogP contribution in [0.4, 0.5) is 0 Å². The van der Waals surface area contributed by atoms with E-state index >= 15 is 0 Å². The largest absolute Gasteiger partial charge is 0.130 e. The van der Waals surface area contributed by atoms with Crippen LogP contribution in [0.1, 0.15) is 19.4 Å². The van der Waals surface area contributed by atoms with Crippen molar-refractivity contribution in [2.75, 3.05) is 6.26 Å². The molecule has 12 heavy (non-hydrogen) atoms. The Morgan fingerprint density at radius 2 is 2.17 bits per heavy atom. The summed E-state index contributed by atoms with van der Waals surface area (Å²) >= 11 is 1.78. The van der Waals surface area contributed by atoms with Gasteiger partial charge in [0, 0.05) is 4.90 Å². The predicted molar refractivity (Wildman–Crippen MR) is 55.6 cm³/mol. The SMILES string of the molecule is CSc1c[c]cc(CC(C)C)c1. The van der Waals surface area contributed by atoms with Gasteiger partial charge in [-0.05, 0) is 42.4 Å². The van der Waals surface area contributed by atoms with E-state index < -0.39 is 0 Å². The highest BCUT2D eigenvalue weighted by Gasteiger charge is 1.98. The third kappa shape index (κ3) is 2.90. The molecule has 0 atom stereocenters. The molecule has 65 valence electrons. The Kier molecular flexibility index (Phi) is 3.67. The van der Waals surface area contributed by atoms with E-state index in [0.29, 0.717) is 0 Å². The number of rotatable bonds is 3. The van der Waals surface area contributed by atoms with Gasteiger partial charge in [0.05, 0.1) is 0 Å². The maximum Gasteiger partial charge on any atom is 0.00780 e. The molecule has 1 radical (unpaired) electrons. The minimum atomic E-state index is 0.732. The second-order valence-corrected chi connectivity index (χ2v) is 4.26. The molecule has 0 saturated carbocycles. The van der Waals surface area contributed by atoms with Crippen LogP contribution in [0.5, 0.6) is 0 Å². The summed E-state index contributed by atoms with van der Waals surface area (Å²) in [5.41, 5.74) is 1.40. The van der Waals surface area contributed by atoms with Crippen LogP contribution in [-0.2, 0) is 6.42 Å². The van der Waals surface area contributed by atoms with E-state index in [1.165, 1.54) is 10.5 Å². The van der Waals surface area contributed by atoms with Gasteiger partial charge in [-0.25, -0.2) is 0 Å². The molecular formula is C11H15S. The van der Waals surface area contributed by atoms with Gasteiger partial charge in [-0.3, -0.25) is 0 Å². The molecule has 0 amide bonds. The molecule has 0 saturated heterocycles. The highest BCUT2D eigenvalue weighted by molar-refractivity contribution is 7.98. The van der Waals surface area contributed by atoms with E-state index in [4.69, 9.17) is 0 Å². The van der Waals surface area contributed by atoms with E-state index in [2.05, 4.69) is 38.3 Å². The molecular weight excluding hydrogens is 164 g/mol. The first-order valence-corrected chi connectivity index (χ1v) is 5.49. The predicted octanol–water partition coefficient (Wildman–Crippen LogP) is 3.41. The summed E-state index contributed by atoms with van der Waals surface area (Å²) in [7, 11) is 0. The first-order chi connectivity index (χ1) is 5.72. The Labute approximate surface area is 79.4 Å². The van der Waals surface area contributed by atoms with Crippen LogP contribution in [0.25, 0.3) is 0 Å². The van der Waals surface area contributed by atoms with E-state index in [1.54, 1.807) is 11.8 Å². The second-order valence-electron chi connectivity index (χ2n) is 3.38. The smallest absolute Gasteiger partial charge is 0.00780 e. The number of hydrogen-bond donors (Lipinski definition) is 0. The first-order valence-electron chi connectivity index (χ1n) is 4.26. The molecule has 0 spiro atoms. The van der Waals surface area contributed by atoms with Gasteiger partial charge in [0.1, 0.15) is 0 Å². The standard InChI is InChI=1S/C11H15S/c1-9(2)7-10-5-4-6-11(8-10)12-3/h5-6,8-9H,7H2,1-3H3. The van der Waals surface area contributed by atoms with Gasteiger partial charge in [-0.15, -0.1) is 11.8 Å². The van der Waals surface area contributed by atoms with Crippen molar-refractivity contribution >= 4 is 11.8 Å². The lowest BCUT2D eigenvalue weighted by molar-refractivity contribution is 0.646. The van der Waals surface area contributed by atoms with Crippen molar-refractivity contribution in [1.82, 2.24) is 0 Å². The summed E-state index contributed by atoms with van der Waals surface area (Å²) in [6, 6.07) is 9.54. The molecule has 1 rings (SSSR count). The summed E-state index contributed by atoms with van der Waals surface area (Å²) in [6.07, 6.45) is 3.26. The zero-order valence-corrected chi connectivity index (χ0v) is 8.74. The fourth-order valence-electron chi connectivity index (χ4n) is 1.20. The van der Waals surface area contributed by atoms with Crippen molar-refractivity contribution in [2.45, 2.75) is 25.2 Å². The Balaban J connectivity index is 2.72. The fourth-order valence-corrected chi connectivity index (χ4v) is 1.66. The Morgan fingerprint density at radius 1 is 1.42 bits per heavy atom. The zero-order chi connectivity index (χ0) is 8.97. The average Bonchev–Trinajstić information content (AvgIpc) is 2.03. The highest BCUT2D eigenvalue weighted by atomic mass is 32.2. The number of thioether (sulfide) groups is 1. The average molecular weight is 179 g/mol. The Morgan fingerprint density at radius 3 is 2.75 bits per heavy atom. The molecule has 0 fully saturated rings. The third-order valence-electron chi connectivity index (χ3n) is 1.70. The zero-order valence-electron chi connectivity index (χ0n) is 7.92. The van der Waals surface area contributed by atoms with Crippen molar-refractivity contribution in [2.24, 2.45) is 5.92 Å². The molecule has 0 heterocycles. The summed E-state index contributed by atoms with van der Waals surface area (Å²) < 4.78 is 0. The number of benzene rings is 1. The maximum absolute atomic E-state index is 3.17. The van der Waals surface area contributed by atoms with Crippen LogP contribution in [0.2, 0.25) is 0 Å². The van der Waals surface area contributed by atoms with Crippen molar-refractivity contribution in [3.8, 4) is 0 Å². The number of hydrogen-bond acceptors (Lipinski definition) is 1. The molecule has 0 N–H and O–H groups in total. The second kappa shape index (κ2) is 4.56. The molecule has 1 heteroatoms. The van der Waals surface area contributed by atoms with Crippen LogP contribution in [0, 0.1) is 12.0 Å². The van der Waals surface area contributed by atoms with Crippen LogP contribution in [0.3, 0.4) is 0 Å². The Hall–Kier alpha value is -0.430. The molecule has 0 bridgehead atoms. The quantitative estimate of drug-likeness (QED) is 0.641. The normalized spacial score (nSPS) is 10.7. The fraction of sp³-hybridized carbons (Fsp3) is 0.455. The molecule has 0 nitrogen and oxygen atoms in total. The lowest BCUT2D eigenvalue weighted by Gasteiger charge is -2.05. The molecule has 0 aliphatic carbocycles. The van der Waals surface area contributed by atoms with Crippen LogP contribution < -0.4 is 0 Å². The third-order valence-corrected chi connectivity index (χ3v) is 2.41. The summed E-state index contributed by atoms with van der Waals surface area (Å²) in [5.74, 6) is 0.732. The molecule has 0 unspecified atom stereocenters. The lowest BCUT2D eigenvalue weighted by atomic mass is 10.0. The molecule has 0 aliphatic rings. The van der Waals surface area contributed by atoms with Crippen LogP contribution in [-0.4, -0.2) is 6.26 Å². The van der Waals surface area contributed by atoms with Gasteiger partial charge >= 0.3 is 0 Å². The van der Waals surface area contributed by atoms with Gasteiger partial charge in [0.2, 0.25) is 0 Å². The summed E-state index contributed by atoms with van der Waals surface area (Å²) in [4.78, 5) is 1.31. The first kappa shape index (κ1) is 9.66. The van der Waals surface area contributed by atoms with Gasteiger partial charge in [0.15, 0.2) is 0 Å². The van der Waals surface area contributed by atoms with Gasteiger partial charge in [0.25, 0.3) is 0 Å². The van der Waals surface area contributed by atoms with Crippen molar-refractivity contribution < 1.29 is 0 Å². The van der Waals surface area contributed by atoms with Gasteiger partial charge in [-0.2, -0.15) is 0 Å². The minimum Gasteiger partial charge on any atom is -0.130 e. The minimum absolute atomic E-state index is 0.732. The topological polar surface area (TPSA) is 0 Å². The van der Waals surface area contributed by atoms with Crippen molar-refractivity contribution in [1.29, 1.82) is 0 Å². The van der Waals surface area contributed by atoms with Gasteiger partial charge in [-0.1, -0.05) is 19.9 Å². The maximum atomic E-state index is 3.17. The molecule has 1 aromatic rings. The molecule has 0 aliphatic heterocycles. The van der Waals surface area contributed by atoms with Gasteiger partial charge < -0.3 is 0 Å². The monoisotopic (exact) mass is 179 g/mol. The van der Waals surface area contributed by atoms with E-state index in [0.717, 1.165) is 12.3 Å². The summed E-state index contributed by atoms with van der Waals surface area (Å²) in [6.45, 7) is 4.48. The van der Waals surface area contributed by atoms with Crippen molar-refractivity contribution in [3.63, 3.8) is 0 Å². The van der Waals surface area contributed by atoms with Crippen molar-refractivity contribution in [3.05, 3.63) is 29.8 Å². The molecule has 0 aromatic heterocycles. The summed E-state index contributed by atoms with van der Waals surface area (Å²) in [5, 5.41) is 0.